The second-order valence-corrected chi connectivity index (χ2v) is 17.9. The summed E-state index contributed by atoms with van der Waals surface area (Å²) in [7, 11) is 0. The fraction of sp³-hybridized carbons (Fsp3) is 0.259. The van der Waals surface area contributed by atoms with Gasteiger partial charge in [-0.2, -0.15) is 0 Å². The van der Waals surface area contributed by atoms with Crippen molar-refractivity contribution in [3.63, 3.8) is 0 Å². The fourth-order valence-electron chi connectivity index (χ4n) is 4.57. The summed E-state index contributed by atoms with van der Waals surface area (Å²) in [4.78, 5) is 27.4. The number of amides is 1. The van der Waals surface area contributed by atoms with Gasteiger partial charge in [0.05, 0.1) is 0 Å². The molecule has 6 heteroatoms. The standard InChI is InChI=1S/C15H22N2O3.2C6H5.Sn/c1-10(2)8-13(15(19)20)17-14(18)12(16)9-11-6-4-3-5-7-11;2*1-2-4-6-5-3-1;/h3-7,10,12-13H,8-9,16H2,1-2H3,(H2,17,18,19,20);2*1-5H;/q;;;+2/p-2/t12-,13-;;;/m0.../s1. The molecule has 1 fully saturated rings. The van der Waals surface area contributed by atoms with Crippen LogP contribution in [0.5, 0.6) is 0 Å². The molecule has 0 bridgehead atoms. The fourth-order valence-corrected chi connectivity index (χ4v) is 16.2. The van der Waals surface area contributed by atoms with E-state index in [-0.39, 0.29) is 17.8 Å². The summed E-state index contributed by atoms with van der Waals surface area (Å²) in [6.45, 7) is 4.11. The number of carbonyl (C=O) groups excluding carboxylic acids is 2. The van der Waals surface area contributed by atoms with E-state index in [0.29, 0.717) is 12.8 Å². The van der Waals surface area contributed by atoms with Crippen LogP contribution in [0.4, 0.5) is 0 Å². The van der Waals surface area contributed by atoms with Crippen LogP contribution in [0.2, 0.25) is 0 Å². The van der Waals surface area contributed by atoms with Gasteiger partial charge >= 0.3 is 201 Å². The van der Waals surface area contributed by atoms with Crippen molar-refractivity contribution >= 4 is 38.1 Å². The van der Waals surface area contributed by atoms with Crippen molar-refractivity contribution < 1.29 is 12.7 Å². The summed E-state index contributed by atoms with van der Waals surface area (Å²) in [5.74, 6) is -0.303. The third kappa shape index (κ3) is 4.70. The van der Waals surface area contributed by atoms with Crippen LogP contribution in [0.25, 0.3) is 0 Å². The summed E-state index contributed by atoms with van der Waals surface area (Å²) in [5.41, 5.74) is 7.51. The Balaban J connectivity index is 1.84. The van der Waals surface area contributed by atoms with E-state index in [1.165, 1.54) is 0 Å². The van der Waals surface area contributed by atoms with Gasteiger partial charge in [-0.1, -0.05) is 0 Å². The van der Waals surface area contributed by atoms with Crippen molar-refractivity contribution in [2.45, 2.75) is 38.8 Å². The number of benzene rings is 3. The van der Waals surface area contributed by atoms with E-state index in [1.54, 1.807) is 0 Å². The summed E-state index contributed by atoms with van der Waals surface area (Å²) in [5, 5.41) is 0. The minimum atomic E-state index is -4.43. The maximum atomic E-state index is 14.1. The van der Waals surface area contributed by atoms with Crippen LogP contribution in [0, 0.1) is 5.92 Å². The molecule has 0 unspecified atom stereocenters. The van der Waals surface area contributed by atoms with Crippen molar-refractivity contribution in [1.82, 2.24) is 3.12 Å². The van der Waals surface area contributed by atoms with E-state index in [4.69, 9.17) is 8.81 Å². The predicted molar refractivity (Wildman–Crippen MR) is 132 cm³/mol. The second kappa shape index (κ2) is 10.1. The Bertz CT molecular complexity index is 1050. The molecular formula is C27H30N2O3Sn. The van der Waals surface area contributed by atoms with Gasteiger partial charge in [0.15, 0.2) is 0 Å². The first-order valence-electron chi connectivity index (χ1n) is 11.4. The summed E-state index contributed by atoms with van der Waals surface area (Å²) < 4.78 is 10.1. The average molecular weight is 549 g/mol. The summed E-state index contributed by atoms with van der Waals surface area (Å²) >= 11 is -4.43. The Morgan fingerprint density at radius 2 is 1.39 bits per heavy atom. The van der Waals surface area contributed by atoms with E-state index >= 15 is 0 Å². The molecule has 2 N–H and O–H groups in total. The molecule has 3 aromatic rings. The summed E-state index contributed by atoms with van der Waals surface area (Å²) in [6.07, 6.45) is 0.950. The quantitative estimate of drug-likeness (QED) is 0.461. The number of hydrogen-bond acceptors (Lipinski definition) is 4. The monoisotopic (exact) mass is 550 g/mol. The van der Waals surface area contributed by atoms with Gasteiger partial charge in [0.2, 0.25) is 0 Å². The van der Waals surface area contributed by atoms with Gasteiger partial charge in [-0.25, -0.2) is 0 Å². The first kappa shape index (κ1) is 23.5. The van der Waals surface area contributed by atoms with Crippen molar-refractivity contribution in [3.05, 3.63) is 96.6 Å². The molecule has 1 aliphatic heterocycles. The minimum absolute atomic E-state index is 0.209. The molecule has 0 spiro atoms. The number of carbonyl (C=O) groups is 2. The molecule has 2 atom stereocenters. The Labute approximate surface area is 200 Å². The van der Waals surface area contributed by atoms with Gasteiger partial charge in [-0.15, -0.1) is 0 Å². The second-order valence-electron chi connectivity index (χ2n) is 8.95. The molecule has 4 rings (SSSR count). The Kier molecular flexibility index (Phi) is 7.19. The first-order valence-corrected chi connectivity index (χ1v) is 16.7. The zero-order chi connectivity index (χ0) is 23.4. The molecule has 3 aromatic carbocycles. The Morgan fingerprint density at radius 3 is 1.88 bits per heavy atom. The topological polar surface area (TPSA) is 72.6 Å². The van der Waals surface area contributed by atoms with E-state index < -0.39 is 31.1 Å². The molecular weight excluding hydrogens is 519 g/mol. The summed E-state index contributed by atoms with van der Waals surface area (Å²) in [6, 6.07) is 27.9. The Morgan fingerprint density at radius 1 is 0.909 bits per heavy atom. The van der Waals surface area contributed by atoms with Crippen LogP contribution in [-0.2, 0) is 19.1 Å². The molecule has 33 heavy (non-hydrogen) atoms. The third-order valence-electron chi connectivity index (χ3n) is 6.05. The van der Waals surface area contributed by atoms with Crippen LogP contribution in [0.3, 0.4) is 0 Å². The van der Waals surface area contributed by atoms with Crippen molar-refractivity contribution in [2.24, 2.45) is 11.7 Å². The number of nitrogens with two attached hydrogens (primary N) is 1. The van der Waals surface area contributed by atoms with Crippen LogP contribution in [0.15, 0.2) is 91.0 Å². The van der Waals surface area contributed by atoms with Gasteiger partial charge in [0.25, 0.3) is 0 Å². The molecule has 170 valence electrons. The van der Waals surface area contributed by atoms with Crippen LogP contribution in [-0.4, -0.2) is 46.1 Å². The molecule has 5 nitrogen and oxygen atoms in total. The van der Waals surface area contributed by atoms with E-state index in [1.807, 2.05) is 94.1 Å². The van der Waals surface area contributed by atoms with E-state index in [9.17, 15) is 9.59 Å². The molecule has 0 saturated carbocycles. The van der Waals surface area contributed by atoms with Gasteiger partial charge in [-0.3, -0.25) is 0 Å². The predicted octanol–water partition coefficient (Wildman–Crippen LogP) is 2.61. The van der Waals surface area contributed by atoms with Crippen LogP contribution in [0.1, 0.15) is 25.8 Å². The molecule has 1 heterocycles. The first-order chi connectivity index (χ1) is 15.9. The van der Waals surface area contributed by atoms with Crippen LogP contribution < -0.4 is 12.9 Å². The van der Waals surface area contributed by atoms with Gasteiger partial charge in [-0.05, 0) is 0 Å². The zero-order valence-corrected chi connectivity index (χ0v) is 21.9. The molecule has 1 amide bonds. The van der Waals surface area contributed by atoms with Gasteiger partial charge in [0.1, 0.15) is 0 Å². The zero-order valence-electron chi connectivity index (χ0n) is 19.1. The van der Waals surface area contributed by atoms with Gasteiger partial charge < -0.3 is 0 Å². The average Bonchev–Trinajstić information content (AvgIpc) is 3.12. The SMILES string of the molecule is CC(C)C[C@H]1C(=O)[O][Sn]([c]2ccccc2)([c]2ccccc2)[N]1C(=O)[C@@H](N)Cc1ccccc1. The molecule has 1 aliphatic rings. The van der Waals surface area contributed by atoms with Gasteiger partial charge in [0, 0.05) is 0 Å². The maximum absolute atomic E-state index is 14.1. The molecule has 0 radical (unpaired) electrons. The van der Waals surface area contributed by atoms with Crippen molar-refractivity contribution in [1.29, 1.82) is 0 Å². The van der Waals surface area contributed by atoms with E-state index in [2.05, 4.69) is 13.8 Å². The number of nitrogens with zero attached hydrogens (tertiary/aromatic N) is 1. The van der Waals surface area contributed by atoms with Crippen molar-refractivity contribution in [3.8, 4) is 0 Å². The molecule has 0 aromatic heterocycles. The van der Waals surface area contributed by atoms with Crippen LogP contribution >= 0.6 is 0 Å². The molecule has 0 aliphatic carbocycles. The normalized spacial score (nSPS) is 18.2. The molecule has 1 saturated heterocycles. The number of hydrogen-bond donors (Lipinski definition) is 1. The van der Waals surface area contributed by atoms with E-state index in [0.717, 1.165) is 12.7 Å². The Hall–Kier alpha value is -2.64. The third-order valence-corrected chi connectivity index (χ3v) is 17.3. The van der Waals surface area contributed by atoms with Crippen molar-refractivity contribution in [2.75, 3.05) is 0 Å². The number of rotatable bonds is 7.